The highest BCUT2D eigenvalue weighted by atomic mass is 35.5. The highest BCUT2D eigenvalue weighted by molar-refractivity contribution is 6.30. The summed E-state index contributed by atoms with van der Waals surface area (Å²) in [6, 6.07) is 8.04. The molecule has 3 nitrogen and oxygen atoms in total. The van der Waals surface area contributed by atoms with Gasteiger partial charge in [0, 0.05) is 24.2 Å². The van der Waals surface area contributed by atoms with E-state index in [1.165, 1.54) is 12.8 Å². The van der Waals surface area contributed by atoms with Gasteiger partial charge >= 0.3 is 0 Å². The number of ether oxygens (including phenoxy) is 1. The van der Waals surface area contributed by atoms with Crippen molar-refractivity contribution in [3.05, 3.63) is 29.3 Å². The Morgan fingerprint density at radius 2 is 2.32 bits per heavy atom. The van der Waals surface area contributed by atoms with Crippen molar-refractivity contribution in [1.29, 1.82) is 0 Å². The van der Waals surface area contributed by atoms with Crippen LogP contribution >= 0.6 is 11.6 Å². The predicted octanol–water partition coefficient (Wildman–Crippen LogP) is 2.78. The minimum absolute atomic E-state index is 0.497. The molecule has 1 fully saturated rings. The summed E-state index contributed by atoms with van der Waals surface area (Å²) in [7, 11) is 0. The SMILES string of the molecule is CC1CCCN(CCOc2cccc(Cl)c2)C1CN. The fourth-order valence-electron chi connectivity index (χ4n) is 2.83. The third-order valence-corrected chi connectivity index (χ3v) is 4.15. The molecule has 2 rings (SSSR count). The lowest BCUT2D eigenvalue weighted by atomic mass is 9.91. The van der Waals surface area contributed by atoms with Gasteiger partial charge in [0.15, 0.2) is 0 Å². The molecule has 1 heterocycles. The summed E-state index contributed by atoms with van der Waals surface area (Å²) in [5.41, 5.74) is 5.89. The van der Waals surface area contributed by atoms with Crippen LogP contribution in [0.4, 0.5) is 0 Å². The topological polar surface area (TPSA) is 38.5 Å². The van der Waals surface area contributed by atoms with Gasteiger partial charge in [-0.1, -0.05) is 24.6 Å². The lowest BCUT2D eigenvalue weighted by Gasteiger charge is -2.39. The number of benzene rings is 1. The van der Waals surface area contributed by atoms with Crippen LogP contribution in [0.15, 0.2) is 24.3 Å². The lowest BCUT2D eigenvalue weighted by molar-refractivity contribution is 0.0895. The second-order valence-corrected chi connectivity index (χ2v) is 5.70. The maximum Gasteiger partial charge on any atom is 0.120 e. The van der Waals surface area contributed by atoms with Crippen molar-refractivity contribution in [3.63, 3.8) is 0 Å². The quantitative estimate of drug-likeness (QED) is 0.902. The average molecular weight is 283 g/mol. The number of hydrogen-bond donors (Lipinski definition) is 1. The summed E-state index contributed by atoms with van der Waals surface area (Å²) >= 11 is 5.93. The van der Waals surface area contributed by atoms with Crippen LogP contribution in [-0.2, 0) is 0 Å². The molecule has 106 valence electrons. The lowest BCUT2D eigenvalue weighted by Crippen LogP contribution is -2.49. The number of halogens is 1. The van der Waals surface area contributed by atoms with Gasteiger partial charge < -0.3 is 10.5 Å². The van der Waals surface area contributed by atoms with Crippen LogP contribution in [0.2, 0.25) is 5.02 Å². The summed E-state index contributed by atoms with van der Waals surface area (Å²) in [6.45, 7) is 5.77. The molecule has 0 spiro atoms. The molecule has 0 bridgehead atoms. The Labute approximate surface area is 120 Å². The first-order valence-corrected chi connectivity index (χ1v) is 7.41. The first-order valence-electron chi connectivity index (χ1n) is 7.03. The molecule has 0 aromatic heterocycles. The van der Waals surface area contributed by atoms with Gasteiger partial charge in [0.25, 0.3) is 0 Å². The second kappa shape index (κ2) is 7.13. The zero-order chi connectivity index (χ0) is 13.7. The summed E-state index contributed by atoms with van der Waals surface area (Å²) < 4.78 is 5.75. The summed E-state index contributed by atoms with van der Waals surface area (Å²) in [4.78, 5) is 2.46. The maximum atomic E-state index is 5.93. The van der Waals surface area contributed by atoms with E-state index in [-0.39, 0.29) is 0 Å². The van der Waals surface area contributed by atoms with Crippen molar-refractivity contribution < 1.29 is 4.74 Å². The minimum Gasteiger partial charge on any atom is -0.492 e. The van der Waals surface area contributed by atoms with Crippen molar-refractivity contribution in [3.8, 4) is 5.75 Å². The molecule has 0 saturated carbocycles. The zero-order valence-corrected chi connectivity index (χ0v) is 12.3. The molecular formula is C15H23ClN2O. The Morgan fingerprint density at radius 3 is 3.05 bits per heavy atom. The Kier molecular flexibility index (Phi) is 5.49. The van der Waals surface area contributed by atoms with E-state index in [0.717, 1.165) is 25.4 Å². The number of piperidine rings is 1. The first kappa shape index (κ1) is 14.6. The van der Waals surface area contributed by atoms with E-state index in [9.17, 15) is 0 Å². The fraction of sp³-hybridized carbons (Fsp3) is 0.600. The summed E-state index contributed by atoms with van der Waals surface area (Å²) in [5, 5.41) is 0.712. The van der Waals surface area contributed by atoms with Crippen molar-refractivity contribution in [2.75, 3.05) is 26.2 Å². The molecule has 1 aliphatic heterocycles. The van der Waals surface area contributed by atoms with Gasteiger partial charge in [-0.15, -0.1) is 0 Å². The monoisotopic (exact) mass is 282 g/mol. The fourth-order valence-corrected chi connectivity index (χ4v) is 3.01. The average Bonchev–Trinajstić information content (AvgIpc) is 2.39. The van der Waals surface area contributed by atoms with E-state index in [2.05, 4.69) is 11.8 Å². The van der Waals surface area contributed by atoms with E-state index in [1.54, 1.807) is 0 Å². The van der Waals surface area contributed by atoms with Crippen molar-refractivity contribution in [2.24, 2.45) is 11.7 Å². The molecule has 1 aromatic rings. The Hall–Kier alpha value is -0.770. The minimum atomic E-state index is 0.497. The molecule has 2 N–H and O–H groups in total. The molecule has 0 radical (unpaired) electrons. The van der Waals surface area contributed by atoms with Crippen LogP contribution in [0.3, 0.4) is 0 Å². The third-order valence-electron chi connectivity index (χ3n) is 3.92. The second-order valence-electron chi connectivity index (χ2n) is 5.26. The van der Waals surface area contributed by atoms with Crippen LogP contribution < -0.4 is 10.5 Å². The molecule has 4 heteroatoms. The van der Waals surface area contributed by atoms with Crippen molar-refractivity contribution in [2.45, 2.75) is 25.8 Å². The van der Waals surface area contributed by atoms with E-state index in [1.807, 2.05) is 24.3 Å². The molecule has 0 amide bonds. The molecule has 2 atom stereocenters. The molecule has 1 aromatic carbocycles. The first-order chi connectivity index (χ1) is 9.20. The standard InChI is InChI=1S/C15H23ClN2O/c1-12-4-3-7-18(15(12)11-17)8-9-19-14-6-2-5-13(16)10-14/h2,5-6,10,12,15H,3-4,7-9,11,17H2,1H3. The van der Waals surface area contributed by atoms with E-state index in [4.69, 9.17) is 22.1 Å². The van der Waals surface area contributed by atoms with Crippen LogP contribution in [0.25, 0.3) is 0 Å². The van der Waals surface area contributed by atoms with Crippen LogP contribution in [0.1, 0.15) is 19.8 Å². The number of rotatable bonds is 5. The van der Waals surface area contributed by atoms with Gasteiger partial charge in [0.05, 0.1) is 0 Å². The summed E-state index contributed by atoms with van der Waals surface area (Å²) in [6.07, 6.45) is 2.54. The van der Waals surface area contributed by atoms with Gasteiger partial charge in [-0.2, -0.15) is 0 Å². The zero-order valence-electron chi connectivity index (χ0n) is 11.5. The molecular weight excluding hydrogens is 260 g/mol. The molecule has 1 aliphatic rings. The van der Waals surface area contributed by atoms with Gasteiger partial charge in [-0.3, -0.25) is 4.90 Å². The maximum absolute atomic E-state index is 5.93. The van der Waals surface area contributed by atoms with E-state index >= 15 is 0 Å². The van der Waals surface area contributed by atoms with Crippen LogP contribution in [0, 0.1) is 5.92 Å². The predicted molar refractivity (Wildman–Crippen MR) is 79.8 cm³/mol. The Bertz CT molecular complexity index is 399. The Morgan fingerprint density at radius 1 is 1.47 bits per heavy atom. The number of hydrogen-bond acceptors (Lipinski definition) is 3. The largest absolute Gasteiger partial charge is 0.492 e. The van der Waals surface area contributed by atoms with E-state index < -0.39 is 0 Å². The van der Waals surface area contributed by atoms with Crippen molar-refractivity contribution >= 4 is 11.6 Å². The molecule has 0 aliphatic carbocycles. The van der Waals surface area contributed by atoms with E-state index in [0.29, 0.717) is 23.6 Å². The highest BCUT2D eigenvalue weighted by Crippen LogP contribution is 2.22. The summed E-state index contributed by atoms with van der Waals surface area (Å²) in [5.74, 6) is 1.52. The molecule has 1 saturated heterocycles. The van der Waals surface area contributed by atoms with Gasteiger partial charge in [0.2, 0.25) is 0 Å². The number of nitrogens with zero attached hydrogens (tertiary/aromatic N) is 1. The molecule has 19 heavy (non-hydrogen) atoms. The normalized spacial score (nSPS) is 24.4. The number of likely N-dealkylation sites (tertiary alicyclic amines) is 1. The molecule has 2 unspecified atom stereocenters. The smallest absolute Gasteiger partial charge is 0.120 e. The van der Waals surface area contributed by atoms with Crippen molar-refractivity contribution in [1.82, 2.24) is 4.90 Å². The van der Waals surface area contributed by atoms with Gasteiger partial charge in [-0.25, -0.2) is 0 Å². The number of nitrogens with two attached hydrogens (primary N) is 1. The van der Waals surface area contributed by atoms with Gasteiger partial charge in [0.1, 0.15) is 12.4 Å². The van der Waals surface area contributed by atoms with Crippen LogP contribution in [0.5, 0.6) is 5.75 Å². The van der Waals surface area contributed by atoms with Gasteiger partial charge in [-0.05, 0) is 43.5 Å². The third kappa shape index (κ3) is 4.10. The Balaban J connectivity index is 1.81. The highest BCUT2D eigenvalue weighted by Gasteiger charge is 2.26. The van der Waals surface area contributed by atoms with Crippen LogP contribution in [-0.4, -0.2) is 37.2 Å².